The van der Waals surface area contributed by atoms with E-state index in [0.717, 1.165) is 18.6 Å². The lowest BCUT2D eigenvalue weighted by atomic mass is 10.2. The molecular weight excluding hydrogens is 268 g/mol. The normalized spacial score (nSPS) is 18.1. The van der Waals surface area contributed by atoms with E-state index in [9.17, 15) is 9.90 Å². The molecule has 2 N–H and O–H groups in total. The van der Waals surface area contributed by atoms with E-state index >= 15 is 0 Å². The summed E-state index contributed by atoms with van der Waals surface area (Å²) >= 11 is 0. The molecule has 21 heavy (non-hydrogen) atoms. The summed E-state index contributed by atoms with van der Waals surface area (Å²) in [5.41, 5.74) is 0.713. The van der Waals surface area contributed by atoms with E-state index in [1.807, 2.05) is 24.3 Å². The number of nitrogens with one attached hydrogen (secondary N) is 1. The van der Waals surface area contributed by atoms with Gasteiger partial charge in [-0.3, -0.25) is 0 Å². The first-order chi connectivity index (χ1) is 10.1. The molecule has 0 aromatic heterocycles. The van der Waals surface area contributed by atoms with Crippen molar-refractivity contribution in [2.75, 3.05) is 25.1 Å². The molecule has 1 aromatic rings. The summed E-state index contributed by atoms with van der Waals surface area (Å²) in [4.78, 5) is 13.9. The second kappa shape index (κ2) is 7.31. The molecule has 1 fully saturated rings. The number of rotatable bonds is 5. The molecular formula is C16H24N2O3. The predicted octanol–water partition coefficient (Wildman–Crippen LogP) is 2.71. The zero-order valence-corrected chi connectivity index (χ0v) is 12.7. The summed E-state index contributed by atoms with van der Waals surface area (Å²) in [7, 11) is 0. The first-order valence-corrected chi connectivity index (χ1v) is 7.51. The van der Waals surface area contributed by atoms with Gasteiger partial charge in [-0.2, -0.15) is 0 Å². The van der Waals surface area contributed by atoms with Gasteiger partial charge < -0.3 is 20.1 Å². The monoisotopic (exact) mass is 292 g/mol. The molecule has 1 heterocycles. The molecule has 116 valence electrons. The van der Waals surface area contributed by atoms with Gasteiger partial charge in [0, 0.05) is 18.3 Å². The van der Waals surface area contributed by atoms with Crippen molar-refractivity contribution in [2.45, 2.75) is 32.7 Å². The highest BCUT2D eigenvalue weighted by Gasteiger charge is 2.27. The number of hydrogen-bond acceptors (Lipinski definition) is 3. The maximum Gasteiger partial charge on any atom is 0.322 e. The number of anilines is 1. The maximum absolute atomic E-state index is 12.2. The van der Waals surface area contributed by atoms with E-state index in [1.54, 1.807) is 4.90 Å². The van der Waals surface area contributed by atoms with Crippen molar-refractivity contribution in [3.8, 4) is 5.75 Å². The van der Waals surface area contributed by atoms with Crippen molar-refractivity contribution < 1.29 is 14.6 Å². The van der Waals surface area contributed by atoms with Crippen LogP contribution < -0.4 is 10.1 Å². The van der Waals surface area contributed by atoms with Gasteiger partial charge in [-0.15, -0.1) is 0 Å². The molecule has 0 unspecified atom stereocenters. The van der Waals surface area contributed by atoms with Crippen LogP contribution in [0.3, 0.4) is 0 Å². The van der Waals surface area contributed by atoms with Crippen LogP contribution in [-0.2, 0) is 0 Å². The van der Waals surface area contributed by atoms with Gasteiger partial charge in [-0.25, -0.2) is 4.79 Å². The van der Waals surface area contributed by atoms with Gasteiger partial charge in [0.05, 0.1) is 19.3 Å². The Bertz CT molecular complexity index is 476. The van der Waals surface area contributed by atoms with Crippen molar-refractivity contribution in [2.24, 2.45) is 5.92 Å². The summed E-state index contributed by atoms with van der Waals surface area (Å²) in [6.07, 6.45) is 1.80. The van der Waals surface area contributed by atoms with Crippen LogP contribution >= 0.6 is 0 Å². The number of likely N-dealkylation sites (tertiary alicyclic amines) is 1. The zero-order chi connectivity index (χ0) is 15.2. The lowest BCUT2D eigenvalue weighted by molar-refractivity contribution is 0.166. The van der Waals surface area contributed by atoms with Crippen LogP contribution in [0.25, 0.3) is 0 Å². The van der Waals surface area contributed by atoms with Crippen LogP contribution in [-0.4, -0.2) is 41.8 Å². The number of carbonyl (C=O) groups is 1. The largest absolute Gasteiger partial charge is 0.493 e. The highest BCUT2D eigenvalue weighted by atomic mass is 16.5. The van der Waals surface area contributed by atoms with Gasteiger partial charge in [-0.1, -0.05) is 19.9 Å². The van der Waals surface area contributed by atoms with Gasteiger partial charge in [0.25, 0.3) is 0 Å². The van der Waals surface area contributed by atoms with Gasteiger partial charge in [0.15, 0.2) is 0 Å². The van der Waals surface area contributed by atoms with E-state index in [-0.39, 0.29) is 18.7 Å². The Kier molecular flexibility index (Phi) is 5.44. The van der Waals surface area contributed by atoms with Crippen molar-refractivity contribution in [1.29, 1.82) is 0 Å². The molecule has 0 aliphatic carbocycles. The molecule has 1 aromatic carbocycles. The smallest absolute Gasteiger partial charge is 0.322 e. The van der Waals surface area contributed by atoms with E-state index < -0.39 is 0 Å². The topological polar surface area (TPSA) is 61.8 Å². The fourth-order valence-corrected chi connectivity index (χ4v) is 2.41. The zero-order valence-electron chi connectivity index (χ0n) is 12.7. The molecule has 1 aliphatic heterocycles. The minimum Gasteiger partial charge on any atom is -0.493 e. The van der Waals surface area contributed by atoms with Crippen molar-refractivity contribution >= 4 is 11.7 Å². The lowest BCUT2D eigenvalue weighted by Gasteiger charge is -2.23. The molecule has 5 nitrogen and oxygen atoms in total. The number of ether oxygens (including phenoxy) is 1. The summed E-state index contributed by atoms with van der Waals surface area (Å²) in [5, 5.41) is 12.1. The summed E-state index contributed by atoms with van der Waals surface area (Å²) in [5.74, 6) is 1.21. The van der Waals surface area contributed by atoms with Crippen molar-refractivity contribution in [3.63, 3.8) is 0 Å². The molecule has 0 bridgehead atoms. The number of aliphatic hydroxyl groups excluding tert-OH is 1. The Morgan fingerprint density at radius 1 is 1.52 bits per heavy atom. The summed E-state index contributed by atoms with van der Waals surface area (Å²) in [6.45, 7) is 5.55. The number of aliphatic hydroxyl groups is 1. The van der Waals surface area contributed by atoms with E-state index in [4.69, 9.17) is 4.74 Å². The van der Waals surface area contributed by atoms with Crippen molar-refractivity contribution in [1.82, 2.24) is 4.90 Å². The van der Waals surface area contributed by atoms with Crippen LogP contribution in [0, 0.1) is 5.92 Å². The Labute approximate surface area is 125 Å². The predicted molar refractivity (Wildman–Crippen MR) is 82.6 cm³/mol. The third-order valence-electron chi connectivity index (χ3n) is 3.52. The van der Waals surface area contributed by atoms with E-state index in [0.29, 0.717) is 24.8 Å². The molecule has 0 saturated carbocycles. The Balaban J connectivity index is 1.95. The second-order valence-corrected chi connectivity index (χ2v) is 5.83. The molecule has 1 saturated heterocycles. The Morgan fingerprint density at radius 3 is 3.05 bits per heavy atom. The van der Waals surface area contributed by atoms with Gasteiger partial charge >= 0.3 is 6.03 Å². The molecule has 2 amide bonds. The summed E-state index contributed by atoms with van der Waals surface area (Å²) < 4.78 is 5.65. The third kappa shape index (κ3) is 4.36. The van der Waals surface area contributed by atoms with Gasteiger partial charge in [0.2, 0.25) is 0 Å². The highest BCUT2D eigenvalue weighted by molar-refractivity contribution is 5.89. The van der Waals surface area contributed by atoms with Crippen LogP contribution in [0.15, 0.2) is 24.3 Å². The first-order valence-electron chi connectivity index (χ1n) is 7.51. The number of amides is 2. The highest BCUT2D eigenvalue weighted by Crippen LogP contribution is 2.21. The molecule has 1 aliphatic rings. The molecule has 5 heteroatoms. The van der Waals surface area contributed by atoms with E-state index in [1.165, 1.54) is 0 Å². The number of benzene rings is 1. The van der Waals surface area contributed by atoms with Crippen molar-refractivity contribution in [3.05, 3.63) is 24.3 Å². The Hall–Kier alpha value is -1.75. The molecule has 0 radical (unpaired) electrons. The van der Waals surface area contributed by atoms with Crippen LogP contribution in [0.4, 0.5) is 10.5 Å². The molecule has 2 rings (SSSR count). The fourth-order valence-electron chi connectivity index (χ4n) is 2.41. The van der Waals surface area contributed by atoms with E-state index in [2.05, 4.69) is 19.2 Å². The lowest BCUT2D eigenvalue weighted by Crippen LogP contribution is -2.40. The number of urea groups is 1. The van der Waals surface area contributed by atoms with Gasteiger partial charge in [-0.05, 0) is 30.9 Å². The minimum absolute atomic E-state index is 0.0188. The SMILES string of the molecule is CC(C)COc1cccc(NC(=O)N2CCC[C@H]2CO)c1. The molecule has 1 atom stereocenters. The average molecular weight is 292 g/mol. The first kappa shape index (κ1) is 15.6. The van der Waals surface area contributed by atoms with Crippen LogP contribution in [0.2, 0.25) is 0 Å². The standard InChI is InChI=1S/C16H24N2O3/c1-12(2)11-21-15-7-3-5-13(9-15)17-16(20)18-8-4-6-14(18)10-19/h3,5,7,9,12,14,19H,4,6,8,10-11H2,1-2H3,(H,17,20)/t14-/m0/s1. The van der Waals surface area contributed by atoms with Crippen LogP contribution in [0.1, 0.15) is 26.7 Å². The molecule has 0 spiro atoms. The number of carbonyl (C=O) groups excluding carboxylic acids is 1. The number of nitrogens with zero attached hydrogens (tertiary/aromatic N) is 1. The fraction of sp³-hybridized carbons (Fsp3) is 0.562. The second-order valence-electron chi connectivity index (χ2n) is 5.83. The number of hydrogen-bond donors (Lipinski definition) is 2. The maximum atomic E-state index is 12.2. The summed E-state index contributed by atoms with van der Waals surface area (Å²) in [6, 6.07) is 7.18. The van der Waals surface area contributed by atoms with Gasteiger partial charge in [0.1, 0.15) is 5.75 Å². The van der Waals surface area contributed by atoms with Crippen LogP contribution in [0.5, 0.6) is 5.75 Å². The Morgan fingerprint density at radius 2 is 2.33 bits per heavy atom. The average Bonchev–Trinajstić information content (AvgIpc) is 2.94. The third-order valence-corrected chi connectivity index (χ3v) is 3.52. The quantitative estimate of drug-likeness (QED) is 0.877. The minimum atomic E-state index is -0.160.